The van der Waals surface area contributed by atoms with Crippen LogP contribution in [0.4, 0.5) is 5.69 Å². The van der Waals surface area contributed by atoms with Crippen molar-refractivity contribution in [2.24, 2.45) is 5.92 Å². The number of anilines is 1. The van der Waals surface area contributed by atoms with Crippen molar-refractivity contribution in [3.8, 4) is 0 Å². The summed E-state index contributed by atoms with van der Waals surface area (Å²) < 4.78 is 0. The molecule has 1 aliphatic carbocycles. The van der Waals surface area contributed by atoms with Gasteiger partial charge >= 0.3 is 0 Å². The molecule has 2 aromatic carbocycles. The molecule has 2 atom stereocenters. The van der Waals surface area contributed by atoms with E-state index in [9.17, 15) is 5.11 Å². The minimum absolute atomic E-state index is 0.254. The standard InChI is InChI=1S/C24H29Cl3N2O/c25-20-9-8-18(22(27)15-20)16-24(30)10-4-3-5-19(24)17-28-11-13-29(14-12-28)23-7-2-1-6-21(23)26/h1-2,6-9,15,19,30H,3-5,10-14,16-17H2. The van der Waals surface area contributed by atoms with Crippen LogP contribution >= 0.6 is 34.8 Å². The van der Waals surface area contributed by atoms with Crippen LogP contribution in [0.2, 0.25) is 15.1 Å². The summed E-state index contributed by atoms with van der Waals surface area (Å²) >= 11 is 18.8. The van der Waals surface area contributed by atoms with Gasteiger partial charge in [0.1, 0.15) is 0 Å². The molecule has 162 valence electrons. The van der Waals surface area contributed by atoms with E-state index in [0.717, 1.165) is 68.3 Å². The number of hydrogen-bond acceptors (Lipinski definition) is 3. The Morgan fingerprint density at radius 3 is 2.43 bits per heavy atom. The average molecular weight is 468 g/mol. The van der Waals surface area contributed by atoms with E-state index in [1.807, 2.05) is 30.3 Å². The molecule has 3 nitrogen and oxygen atoms in total. The molecule has 1 heterocycles. The molecule has 6 heteroatoms. The second kappa shape index (κ2) is 9.67. The predicted octanol–water partition coefficient (Wildman–Crippen LogP) is 5.93. The first-order valence-corrected chi connectivity index (χ1v) is 12.0. The van der Waals surface area contributed by atoms with Crippen LogP contribution in [-0.2, 0) is 6.42 Å². The summed E-state index contributed by atoms with van der Waals surface area (Å²) in [4.78, 5) is 4.86. The molecule has 0 aromatic heterocycles. The topological polar surface area (TPSA) is 26.7 Å². The van der Waals surface area contributed by atoms with E-state index in [4.69, 9.17) is 34.8 Å². The molecule has 2 fully saturated rings. The van der Waals surface area contributed by atoms with Crippen LogP contribution in [0.1, 0.15) is 31.2 Å². The van der Waals surface area contributed by atoms with Crippen molar-refractivity contribution in [2.75, 3.05) is 37.6 Å². The quantitative estimate of drug-likeness (QED) is 0.590. The van der Waals surface area contributed by atoms with E-state index in [2.05, 4.69) is 15.9 Å². The van der Waals surface area contributed by atoms with E-state index < -0.39 is 5.60 Å². The third-order valence-corrected chi connectivity index (χ3v) is 7.63. The van der Waals surface area contributed by atoms with Crippen LogP contribution < -0.4 is 4.90 Å². The Kier molecular flexibility index (Phi) is 7.16. The van der Waals surface area contributed by atoms with Crippen LogP contribution in [0.15, 0.2) is 42.5 Å². The van der Waals surface area contributed by atoms with Gasteiger partial charge in [0, 0.05) is 55.1 Å². The van der Waals surface area contributed by atoms with Gasteiger partial charge < -0.3 is 10.0 Å². The van der Waals surface area contributed by atoms with Crippen LogP contribution in [0.25, 0.3) is 0 Å². The van der Waals surface area contributed by atoms with Gasteiger partial charge in [-0.15, -0.1) is 0 Å². The van der Waals surface area contributed by atoms with Crippen LogP contribution in [-0.4, -0.2) is 48.3 Å². The first-order valence-electron chi connectivity index (χ1n) is 10.8. The zero-order chi connectivity index (χ0) is 21.1. The number of rotatable bonds is 5. The highest BCUT2D eigenvalue weighted by molar-refractivity contribution is 6.35. The van der Waals surface area contributed by atoms with E-state index in [1.54, 1.807) is 6.07 Å². The van der Waals surface area contributed by atoms with Crippen molar-refractivity contribution in [3.63, 3.8) is 0 Å². The van der Waals surface area contributed by atoms with Crippen molar-refractivity contribution in [1.29, 1.82) is 0 Å². The molecular formula is C24H29Cl3N2O. The highest BCUT2D eigenvalue weighted by Crippen LogP contribution is 2.39. The molecule has 0 amide bonds. The van der Waals surface area contributed by atoms with Crippen molar-refractivity contribution >= 4 is 40.5 Å². The first-order chi connectivity index (χ1) is 14.4. The van der Waals surface area contributed by atoms with Crippen LogP contribution in [0.3, 0.4) is 0 Å². The van der Waals surface area contributed by atoms with Gasteiger partial charge in [-0.2, -0.15) is 0 Å². The van der Waals surface area contributed by atoms with Crippen LogP contribution in [0, 0.1) is 5.92 Å². The minimum atomic E-state index is -0.713. The Labute approximate surface area is 194 Å². The summed E-state index contributed by atoms with van der Waals surface area (Å²) in [5, 5.41) is 13.7. The number of para-hydroxylation sites is 1. The highest BCUT2D eigenvalue weighted by atomic mass is 35.5. The molecule has 0 radical (unpaired) electrons. The van der Waals surface area contributed by atoms with Crippen molar-refractivity contribution < 1.29 is 5.11 Å². The largest absolute Gasteiger partial charge is 0.389 e. The van der Waals surface area contributed by atoms with Crippen molar-refractivity contribution in [2.45, 2.75) is 37.7 Å². The van der Waals surface area contributed by atoms with Gasteiger partial charge in [0.25, 0.3) is 0 Å². The molecule has 0 spiro atoms. The third-order valence-electron chi connectivity index (χ3n) is 6.73. The normalized spacial score (nSPS) is 25.5. The van der Waals surface area contributed by atoms with Gasteiger partial charge in [-0.1, -0.05) is 65.8 Å². The molecule has 1 saturated heterocycles. The Hall–Kier alpha value is -0.970. The molecule has 1 aliphatic heterocycles. The van der Waals surface area contributed by atoms with Gasteiger partial charge in [0.15, 0.2) is 0 Å². The second-order valence-corrected chi connectivity index (χ2v) is 9.95. The SMILES string of the molecule is OC1(Cc2ccc(Cl)cc2Cl)CCCCC1CN1CCN(c2ccccc2Cl)CC1. The van der Waals surface area contributed by atoms with Gasteiger partial charge in [-0.25, -0.2) is 0 Å². The molecule has 1 saturated carbocycles. The Balaban J connectivity index is 1.40. The lowest BCUT2D eigenvalue weighted by Crippen LogP contribution is -2.52. The maximum Gasteiger partial charge on any atom is 0.0728 e. The second-order valence-electron chi connectivity index (χ2n) is 8.70. The summed E-state index contributed by atoms with van der Waals surface area (Å²) in [5.41, 5.74) is 1.39. The fraction of sp³-hybridized carbons (Fsp3) is 0.500. The van der Waals surface area contributed by atoms with Gasteiger partial charge in [0.2, 0.25) is 0 Å². The average Bonchev–Trinajstić information content (AvgIpc) is 2.73. The lowest BCUT2D eigenvalue weighted by molar-refractivity contribution is -0.0595. The van der Waals surface area contributed by atoms with Gasteiger partial charge in [-0.3, -0.25) is 4.90 Å². The van der Waals surface area contributed by atoms with Gasteiger partial charge in [0.05, 0.1) is 16.3 Å². The lowest BCUT2D eigenvalue weighted by atomic mass is 9.72. The van der Waals surface area contributed by atoms with Crippen LogP contribution in [0.5, 0.6) is 0 Å². The Bertz CT molecular complexity index is 869. The number of benzene rings is 2. The van der Waals surface area contributed by atoms with E-state index >= 15 is 0 Å². The fourth-order valence-corrected chi connectivity index (χ4v) is 5.71. The Morgan fingerprint density at radius 2 is 1.70 bits per heavy atom. The summed E-state index contributed by atoms with van der Waals surface area (Å²) in [6.07, 6.45) is 4.73. The zero-order valence-electron chi connectivity index (χ0n) is 17.2. The maximum atomic E-state index is 11.6. The smallest absolute Gasteiger partial charge is 0.0728 e. The van der Waals surface area contributed by atoms with E-state index in [-0.39, 0.29) is 5.92 Å². The van der Waals surface area contributed by atoms with Crippen molar-refractivity contribution in [3.05, 3.63) is 63.1 Å². The third kappa shape index (κ3) is 5.08. The van der Waals surface area contributed by atoms with E-state index in [1.165, 1.54) is 6.42 Å². The molecule has 2 aromatic rings. The molecule has 30 heavy (non-hydrogen) atoms. The lowest BCUT2D eigenvalue weighted by Gasteiger charge is -2.44. The molecule has 2 aliphatic rings. The number of hydrogen-bond donors (Lipinski definition) is 1. The molecule has 0 bridgehead atoms. The Morgan fingerprint density at radius 1 is 0.933 bits per heavy atom. The minimum Gasteiger partial charge on any atom is -0.389 e. The number of nitrogens with zero attached hydrogens (tertiary/aromatic N) is 2. The first kappa shape index (κ1) is 22.2. The number of halogens is 3. The van der Waals surface area contributed by atoms with Gasteiger partial charge in [-0.05, 0) is 42.7 Å². The van der Waals surface area contributed by atoms with Crippen molar-refractivity contribution in [1.82, 2.24) is 4.90 Å². The number of aliphatic hydroxyl groups is 1. The summed E-state index contributed by atoms with van der Waals surface area (Å²) in [6, 6.07) is 13.6. The fourth-order valence-electron chi connectivity index (χ4n) is 4.97. The maximum absolute atomic E-state index is 11.6. The summed E-state index contributed by atoms with van der Waals surface area (Å²) in [5.74, 6) is 0.254. The highest BCUT2D eigenvalue weighted by Gasteiger charge is 2.40. The predicted molar refractivity (Wildman–Crippen MR) is 127 cm³/mol. The molecule has 4 rings (SSSR count). The summed E-state index contributed by atoms with van der Waals surface area (Å²) in [7, 11) is 0. The number of piperazine rings is 1. The molecule has 2 unspecified atom stereocenters. The zero-order valence-corrected chi connectivity index (χ0v) is 19.4. The molecular weight excluding hydrogens is 439 g/mol. The van der Waals surface area contributed by atoms with E-state index in [0.29, 0.717) is 16.5 Å². The molecule has 1 N–H and O–H groups in total. The summed E-state index contributed by atoms with van der Waals surface area (Å²) in [6.45, 7) is 4.81. The monoisotopic (exact) mass is 466 g/mol.